The van der Waals surface area contributed by atoms with E-state index in [1.807, 2.05) is 23.7 Å². The summed E-state index contributed by atoms with van der Waals surface area (Å²) in [5, 5.41) is 3.88. The van der Waals surface area contributed by atoms with Gasteiger partial charge < -0.3 is 10.1 Å². The monoisotopic (exact) mass is 305 g/mol. The Balaban J connectivity index is 1.88. The van der Waals surface area contributed by atoms with Gasteiger partial charge in [-0.05, 0) is 25.1 Å². The van der Waals surface area contributed by atoms with E-state index in [9.17, 15) is 4.79 Å². The average Bonchev–Trinajstić information content (AvgIpc) is 3.04. The van der Waals surface area contributed by atoms with Crippen molar-refractivity contribution in [3.05, 3.63) is 34.3 Å². The number of esters is 1. The third-order valence-electron chi connectivity index (χ3n) is 2.75. The Bertz CT molecular complexity index is 779. The quantitative estimate of drug-likeness (QED) is 0.749. The maximum atomic E-state index is 11.6. The van der Waals surface area contributed by atoms with Gasteiger partial charge in [0.15, 0.2) is 5.13 Å². The van der Waals surface area contributed by atoms with Crippen LogP contribution in [-0.4, -0.2) is 23.0 Å². The Labute approximate surface area is 123 Å². The Morgan fingerprint density at radius 2 is 2.25 bits per heavy atom. The first-order chi connectivity index (χ1) is 9.67. The van der Waals surface area contributed by atoms with E-state index in [0.29, 0.717) is 15.7 Å². The van der Waals surface area contributed by atoms with Crippen LogP contribution in [0.5, 0.6) is 0 Å². The lowest BCUT2D eigenvalue weighted by Crippen LogP contribution is -1.99. The molecule has 3 rings (SSSR count). The number of benzene rings is 1. The molecule has 2 heterocycles. The zero-order chi connectivity index (χ0) is 14.1. The molecule has 1 aromatic carbocycles. The van der Waals surface area contributed by atoms with Crippen LogP contribution in [0.3, 0.4) is 0 Å². The van der Waals surface area contributed by atoms with E-state index in [0.717, 1.165) is 15.9 Å². The normalized spacial score (nSPS) is 10.7. The van der Waals surface area contributed by atoms with Crippen LogP contribution in [-0.2, 0) is 4.74 Å². The second-order valence-electron chi connectivity index (χ2n) is 4.08. The van der Waals surface area contributed by atoms with Crippen molar-refractivity contribution in [3.63, 3.8) is 0 Å². The molecule has 1 N–H and O–H groups in total. The van der Waals surface area contributed by atoms with Crippen LogP contribution in [0, 0.1) is 6.92 Å². The molecule has 2 aromatic heterocycles. The SMILES string of the molecule is COC(=O)c1sc(Nc2ccc3ncsc3c2)nc1C. The number of carbonyl (C=O) groups excluding carboxylic acids is 1. The van der Waals surface area contributed by atoms with Crippen LogP contribution in [0.2, 0.25) is 0 Å². The van der Waals surface area contributed by atoms with Crippen molar-refractivity contribution in [1.82, 2.24) is 9.97 Å². The molecule has 0 saturated carbocycles. The molecular weight excluding hydrogens is 294 g/mol. The summed E-state index contributed by atoms with van der Waals surface area (Å²) in [7, 11) is 1.37. The van der Waals surface area contributed by atoms with Gasteiger partial charge >= 0.3 is 5.97 Å². The topological polar surface area (TPSA) is 64.1 Å². The minimum atomic E-state index is -0.356. The Hall–Kier alpha value is -1.99. The molecule has 0 atom stereocenters. The number of nitrogens with one attached hydrogen (secondary N) is 1. The van der Waals surface area contributed by atoms with Gasteiger partial charge in [-0.15, -0.1) is 11.3 Å². The van der Waals surface area contributed by atoms with Gasteiger partial charge in [0.2, 0.25) is 0 Å². The number of nitrogens with zero attached hydrogens (tertiary/aromatic N) is 2. The highest BCUT2D eigenvalue weighted by Gasteiger charge is 2.15. The predicted octanol–water partition coefficient (Wildman–Crippen LogP) is 3.59. The first-order valence-electron chi connectivity index (χ1n) is 5.83. The van der Waals surface area contributed by atoms with Crippen molar-refractivity contribution in [1.29, 1.82) is 0 Å². The fourth-order valence-electron chi connectivity index (χ4n) is 1.79. The number of carbonyl (C=O) groups is 1. The lowest BCUT2D eigenvalue weighted by Gasteiger charge is -2.01. The number of methoxy groups -OCH3 is 1. The number of aromatic nitrogens is 2. The number of hydrogen-bond donors (Lipinski definition) is 1. The summed E-state index contributed by atoms with van der Waals surface area (Å²) in [6.45, 7) is 1.79. The number of fused-ring (bicyclic) bond motifs is 1. The lowest BCUT2D eigenvalue weighted by atomic mass is 10.3. The number of thiazole rings is 2. The van der Waals surface area contributed by atoms with E-state index in [1.165, 1.54) is 18.4 Å². The van der Waals surface area contributed by atoms with E-state index in [1.54, 1.807) is 18.3 Å². The smallest absolute Gasteiger partial charge is 0.350 e. The van der Waals surface area contributed by atoms with E-state index in [2.05, 4.69) is 15.3 Å². The molecule has 0 aliphatic carbocycles. The lowest BCUT2D eigenvalue weighted by molar-refractivity contribution is 0.0605. The molecular formula is C13H11N3O2S2. The predicted molar refractivity (Wildman–Crippen MR) is 81.1 cm³/mol. The van der Waals surface area contributed by atoms with Crippen LogP contribution in [0.4, 0.5) is 10.8 Å². The largest absolute Gasteiger partial charge is 0.465 e. The van der Waals surface area contributed by atoms with Crippen LogP contribution in [0.1, 0.15) is 15.4 Å². The van der Waals surface area contributed by atoms with Crippen molar-refractivity contribution in [2.24, 2.45) is 0 Å². The first-order valence-corrected chi connectivity index (χ1v) is 7.53. The Morgan fingerprint density at radius 1 is 1.40 bits per heavy atom. The fraction of sp³-hybridized carbons (Fsp3) is 0.154. The molecule has 0 bridgehead atoms. The third-order valence-corrected chi connectivity index (χ3v) is 4.59. The molecule has 20 heavy (non-hydrogen) atoms. The summed E-state index contributed by atoms with van der Waals surface area (Å²) in [5.74, 6) is -0.356. The summed E-state index contributed by atoms with van der Waals surface area (Å²) >= 11 is 2.87. The average molecular weight is 305 g/mol. The van der Waals surface area contributed by atoms with Gasteiger partial charge in [-0.3, -0.25) is 0 Å². The molecule has 5 nitrogen and oxygen atoms in total. The maximum Gasteiger partial charge on any atom is 0.350 e. The molecule has 3 aromatic rings. The van der Waals surface area contributed by atoms with Gasteiger partial charge in [0.25, 0.3) is 0 Å². The molecule has 0 saturated heterocycles. The fourth-order valence-corrected chi connectivity index (χ4v) is 3.41. The zero-order valence-electron chi connectivity index (χ0n) is 10.8. The van der Waals surface area contributed by atoms with Gasteiger partial charge in [-0.25, -0.2) is 14.8 Å². The van der Waals surface area contributed by atoms with Crippen LogP contribution < -0.4 is 5.32 Å². The molecule has 0 spiro atoms. The van der Waals surface area contributed by atoms with E-state index in [-0.39, 0.29) is 5.97 Å². The number of ether oxygens (including phenoxy) is 1. The van der Waals surface area contributed by atoms with Gasteiger partial charge in [-0.2, -0.15) is 0 Å². The summed E-state index contributed by atoms with van der Waals surface area (Å²) in [4.78, 5) is 20.6. The zero-order valence-corrected chi connectivity index (χ0v) is 12.5. The molecule has 0 aliphatic rings. The number of aryl methyl sites for hydroxylation is 1. The number of hydrogen-bond acceptors (Lipinski definition) is 7. The highest BCUT2D eigenvalue weighted by atomic mass is 32.1. The van der Waals surface area contributed by atoms with Gasteiger partial charge in [0.1, 0.15) is 4.88 Å². The molecule has 0 amide bonds. The van der Waals surface area contributed by atoms with E-state index in [4.69, 9.17) is 4.74 Å². The van der Waals surface area contributed by atoms with Crippen LogP contribution in [0.25, 0.3) is 10.2 Å². The molecule has 7 heteroatoms. The van der Waals surface area contributed by atoms with Crippen molar-refractivity contribution < 1.29 is 9.53 Å². The van der Waals surface area contributed by atoms with Gasteiger partial charge in [-0.1, -0.05) is 11.3 Å². The van der Waals surface area contributed by atoms with Crippen LogP contribution >= 0.6 is 22.7 Å². The standard InChI is InChI=1S/C13H11N3O2S2/c1-7-11(12(17)18-2)20-13(15-7)16-8-3-4-9-10(5-8)19-6-14-9/h3-6H,1-2H3,(H,15,16). The summed E-state index contributed by atoms with van der Waals surface area (Å²) in [5.41, 5.74) is 4.39. The van der Waals surface area contributed by atoms with Gasteiger partial charge in [0, 0.05) is 5.69 Å². The van der Waals surface area contributed by atoms with E-state index < -0.39 is 0 Å². The first kappa shape index (κ1) is 13.0. The van der Waals surface area contributed by atoms with Gasteiger partial charge in [0.05, 0.1) is 28.5 Å². The van der Waals surface area contributed by atoms with Crippen molar-refractivity contribution in [2.75, 3.05) is 12.4 Å². The third kappa shape index (κ3) is 2.37. The minimum Gasteiger partial charge on any atom is -0.465 e. The van der Waals surface area contributed by atoms with Crippen molar-refractivity contribution >= 4 is 49.7 Å². The summed E-state index contributed by atoms with van der Waals surface area (Å²) in [6, 6.07) is 5.91. The highest BCUT2D eigenvalue weighted by Crippen LogP contribution is 2.28. The second kappa shape index (κ2) is 5.18. The molecule has 0 aliphatic heterocycles. The Kier molecular flexibility index (Phi) is 3.37. The minimum absolute atomic E-state index is 0.356. The molecule has 0 unspecified atom stereocenters. The second-order valence-corrected chi connectivity index (χ2v) is 5.97. The maximum absolute atomic E-state index is 11.6. The summed E-state index contributed by atoms with van der Waals surface area (Å²) in [6.07, 6.45) is 0. The number of rotatable bonds is 3. The molecule has 0 fully saturated rings. The summed E-state index contributed by atoms with van der Waals surface area (Å²) < 4.78 is 5.83. The molecule has 102 valence electrons. The Morgan fingerprint density at radius 3 is 3.05 bits per heavy atom. The van der Waals surface area contributed by atoms with Crippen molar-refractivity contribution in [2.45, 2.75) is 6.92 Å². The molecule has 0 radical (unpaired) electrons. The van der Waals surface area contributed by atoms with Crippen molar-refractivity contribution in [3.8, 4) is 0 Å². The van der Waals surface area contributed by atoms with Crippen LogP contribution in [0.15, 0.2) is 23.7 Å². The highest BCUT2D eigenvalue weighted by molar-refractivity contribution is 7.17. The number of anilines is 2. The van der Waals surface area contributed by atoms with E-state index >= 15 is 0 Å².